The van der Waals surface area contributed by atoms with Gasteiger partial charge in [-0.3, -0.25) is 9.69 Å². The first-order valence-electron chi connectivity index (χ1n) is 12.0. The number of ether oxygens (including phenoxy) is 1. The van der Waals surface area contributed by atoms with Gasteiger partial charge in [-0.1, -0.05) is 35.9 Å². The molecule has 6 nitrogen and oxygen atoms in total. The van der Waals surface area contributed by atoms with Crippen LogP contribution in [0, 0.1) is 0 Å². The van der Waals surface area contributed by atoms with Crippen LogP contribution in [0.1, 0.15) is 43.0 Å². The van der Waals surface area contributed by atoms with Crippen molar-refractivity contribution in [2.24, 2.45) is 0 Å². The van der Waals surface area contributed by atoms with E-state index in [0.29, 0.717) is 17.4 Å². The molecule has 0 bridgehead atoms. The number of carbonyl (C=O) groups is 1. The average molecular weight is 477 g/mol. The van der Waals surface area contributed by atoms with Gasteiger partial charge >= 0.3 is 0 Å². The quantitative estimate of drug-likeness (QED) is 0.472. The van der Waals surface area contributed by atoms with Crippen LogP contribution in [0.4, 0.5) is 0 Å². The Kier molecular flexibility index (Phi) is 7.07. The largest absolute Gasteiger partial charge is 0.484 e. The highest BCUT2D eigenvalue weighted by molar-refractivity contribution is 6.30. The fourth-order valence-corrected chi connectivity index (χ4v) is 5.01. The summed E-state index contributed by atoms with van der Waals surface area (Å²) in [5.41, 5.74) is 2.99. The Balaban J connectivity index is 1.21. The highest BCUT2D eigenvalue weighted by Crippen LogP contribution is 2.32. The van der Waals surface area contributed by atoms with E-state index in [1.807, 2.05) is 47.4 Å². The Labute approximate surface area is 205 Å². The maximum absolute atomic E-state index is 13.0. The zero-order chi connectivity index (χ0) is 23.3. The van der Waals surface area contributed by atoms with Crippen LogP contribution < -0.4 is 4.74 Å². The summed E-state index contributed by atoms with van der Waals surface area (Å²) in [5, 5.41) is 0.644. The van der Waals surface area contributed by atoms with Gasteiger partial charge in [0.25, 0.3) is 5.91 Å². The first kappa shape index (κ1) is 22.8. The van der Waals surface area contributed by atoms with Crippen molar-refractivity contribution in [1.82, 2.24) is 19.8 Å². The van der Waals surface area contributed by atoms with E-state index in [-0.39, 0.29) is 18.6 Å². The maximum atomic E-state index is 13.0. The van der Waals surface area contributed by atoms with Crippen molar-refractivity contribution in [2.45, 2.75) is 38.3 Å². The number of hydrogen-bond acceptors (Lipinski definition) is 5. The second-order valence-electron chi connectivity index (χ2n) is 8.98. The molecule has 0 radical (unpaired) electrons. The molecule has 1 aromatic heterocycles. The van der Waals surface area contributed by atoms with Crippen molar-refractivity contribution in [3.63, 3.8) is 0 Å². The second kappa shape index (κ2) is 10.5. The molecule has 0 aliphatic carbocycles. The van der Waals surface area contributed by atoms with E-state index in [1.54, 1.807) is 6.20 Å². The van der Waals surface area contributed by atoms with Crippen molar-refractivity contribution < 1.29 is 9.53 Å². The standard InChI is InChI=1S/C27H29ClN4O2/c28-22-6-3-5-21(17-22)27-29-13-12-24(30-27)25-7-4-16-32(25)26(33)19-34-23-10-8-20(9-11-23)18-31-14-1-2-15-31/h3,5-6,8-13,17,25H,1-2,4,7,14-16,18-19H2/t25-/m0/s1. The zero-order valence-corrected chi connectivity index (χ0v) is 20.0. The van der Waals surface area contributed by atoms with E-state index in [0.717, 1.165) is 36.4 Å². The maximum Gasteiger partial charge on any atom is 0.261 e. The van der Waals surface area contributed by atoms with Crippen LogP contribution in [0.2, 0.25) is 5.02 Å². The predicted molar refractivity (Wildman–Crippen MR) is 133 cm³/mol. The summed E-state index contributed by atoms with van der Waals surface area (Å²) in [4.78, 5) is 26.5. The molecule has 3 aromatic rings. The minimum atomic E-state index is -0.0696. The third-order valence-corrected chi connectivity index (χ3v) is 6.80. The molecule has 1 atom stereocenters. The summed E-state index contributed by atoms with van der Waals surface area (Å²) >= 11 is 6.13. The lowest BCUT2D eigenvalue weighted by molar-refractivity contribution is -0.134. The van der Waals surface area contributed by atoms with Crippen molar-refractivity contribution in [1.29, 1.82) is 0 Å². The lowest BCUT2D eigenvalue weighted by Gasteiger charge is -2.24. The number of carbonyl (C=O) groups excluding carboxylic acids is 1. The third-order valence-electron chi connectivity index (χ3n) is 6.57. The van der Waals surface area contributed by atoms with Crippen molar-refractivity contribution in [3.05, 3.63) is 77.1 Å². The molecule has 34 heavy (non-hydrogen) atoms. The Hall–Kier alpha value is -2.96. The van der Waals surface area contributed by atoms with E-state index < -0.39 is 0 Å². The molecule has 7 heteroatoms. The van der Waals surface area contributed by atoms with Crippen LogP contribution in [0.3, 0.4) is 0 Å². The third kappa shape index (κ3) is 5.40. The first-order valence-corrected chi connectivity index (χ1v) is 12.4. The van der Waals surface area contributed by atoms with E-state index in [1.165, 1.54) is 31.5 Å². The molecule has 2 saturated heterocycles. The minimum absolute atomic E-state index is 0.0217. The number of benzene rings is 2. The Bertz CT molecular complexity index is 1130. The highest BCUT2D eigenvalue weighted by atomic mass is 35.5. The lowest BCUT2D eigenvalue weighted by atomic mass is 10.1. The van der Waals surface area contributed by atoms with Gasteiger partial charge in [-0.2, -0.15) is 0 Å². The summed E-state index contributed by atoms with van der Waals surface area (Å²) < 4.78 is 5.84. The molecule has 2 fully saturated rings. The van der Waals surface area contributed by atoms with Crippen LogP contribution in [0.25, 0.3) is 11.4 Å². The van der Waals surface area contributed by atoms with E-state index in [2.05, 4.69) is 22.0 Å². The van der Waals surface area contributed by atoms with E-state index in [4.69, 9.17) is 21.3 Å². The molecule has 0 unspecified atom stereocenters. The first-order chi connectivity index (χ1) is 16.7. The van der Waals surface area contributed by atoms with Crippen LogP contribution in [0.15, 0.2) is 60.8 Å². The number of rotatable bonds is 7. The fourth-order valence-electron chi connectivity index (χ4n) is 4.82. The molecule has 1 amide bonds. The number of halogens is 1. The molecule has 0 N–H and O–H groups in total. The fraction of sp³-hybridized carbons (Fsp3) is 0.370. The van der Waals surface area contributed by atoms with Gasteiger partial charge < -0.3 is 9.64 Å². The van der Waals surface area contributed by atoms with Gasteiger partial charge in [-0.15, -0.1) is 0 Å². The lowest BCUT2D eigenvalue weighted by Crippen LogP contribution is -2.34. The van der Waals surface area contributed by atoms with Gasteiger partial charge in [0.05, 0.1) is 11.7 Å². The van der Waals surface area contributed by atoms with E-state index >= 15 is 0 Å². The van der Waals surface area contributed by atoms with Crippen molar-refractivity contribution in [2.75, 3.05) is 26.2 Å². The molecule has 0 spiro atoms. The molecule has 2 aliphatic heterocycles. The summed E-state index contributed by atoms with van der Waals surface area (Å²) in [7, 11) is 0. The number of amides is 1. The monoisotopic (exact) mass is 476 g/mol. The summed E-state index contributed by atoms with van der Waals surface area (Å²) in [6, 6.07) is 17.4. The Morgan fingerprint density at radius 3 is 2.65 bits per heavy atom. The van der Waals surface area contributed by atoms with Crippen LogP contribution in [-0.2, 0) is 11.3 Å². The molecule has 0 saturated carbocycles. The van der Waals surface area contributed by atoms with Crippen LogP contribution >= 0.6 is 11.6 Å². The summed E-state index contributed by atoms with van der Waals surface area (Å²) in [6.07, 6.45) is 6.15. The Morgan fingerprint density at radius 2 is 1.85 bits per heavy atom. The topological polar surface area (TPSA) is 58.6 Å². The van der Waals surface area contributed by atoms with Gasteiger partial charge in [0.1, 0.15) is 5.75 Å². The van der Waals surface area contributed by atoms with Crippen molar-refractivity contribution in [3.8, 4) is 17.1 Å². The number of aromatic nitrogens is 2. The average Bonchev–Trinajstić information content (AvgIpc) is 3.56. The predicted octanol–water partition coefficient (Wildman–Crippen LogP) is 5.14. The number of likely N-dealkylation sites (tertiary alicyclic amines) is 2. The summed E-state index contributed by atoms with van der Waals surface area (Å²) in [6.45, 7) is 4.06. The molecule has 5 rings (SSSR count). The molecule has 3 heterocycles. The van der Waals surface area contributed by atoms with Gasteiger partial charge in [0.15, 0.2) is 12.4 Å². The normalized spacial score (nSPS) is 18.4. The van der Waals surface area contributed by atoms with Gasteiger partial charge in [0.2, 0.25) is 0 Å². The van der Waals surface area contributed by atoms with Gasteiger partial charge in [-0.25, -0.2) is 9.97 Å². The highest BCUT2D eigenvalue weighted by Gasteiger charge is 2.31. The summed E-state index contributed by atoms with van der Waals surface area (Å²) in [5.74, 6) is 1.32. The van der Waals surface area contributed by atoms with Gasteiger partial charge in [0, 0.05) is 29.9 Å². The Morgan fingerprint density at radius 1 is 1.03 bits per heavy atom. The second-order valence-corrected chi connectivity index (χ2v) is 9.41. The molecular formula is C27H29ClN4O2. The van der Waals surface area contributed by atoms with Gasteiger partial charge in [-0.05, 0) is 74.7 Å². The zero-order valence-electron chi connectivity index (χ0n) is 19.2. The molecule has 2 aromatic carbocycles. The minimum Gasteiger partial charge on any atom is -0.484 e. The van der Waals surface area contributed by atoms with Crippen molar-refractivity contribution >= 4 is 17.5 Å². The number of hydrogen-bond donors (Lipinski definition) is 0. The molecule has 176 valence electrons. The van der Waals surface area contributed by atoms with Crippen LogP contribution in [-0.4, -0.2) is 51.9 Å². The smallest absolute Gasteiger partial charge is 0.261 e. The van der Waals surface area contributed by atoms with Crippen LogP contribution in [0.5, 0.6) is 5.75 Å². The molecule has 2 aliphatic rings. The number of nitrogens with zero attached hydrogens (tertiary/aromatic N) is 4. The SMILES string of the molecule is O=C(COc1ccc(CN2CCCC2)cc1)N1CCC[C@H]1c1ccnc(-c2cccc(Cl)c2)n1. The van der Waals surface area contributed by atoms with E-state index in [9.17, 15) is 4.79 Å². The molecular weight excluding hydrogens is 448 g/mol.